The van der Waals surface area contributed by atoms with Crippen molar-refractivity contribution in [3.05, 3.63) is 33.6 Å². The molecule has 1 N–H and O–H groups in total. The molecule has 0 aromatic heterocycles. The Morgan fingerprint density at radius 2 is 1.65 bits per heavy atom. The van der Waals surface area contributed by atoms with Gasteiger partial charge in [0.2, 0.25) is 0 Å². The summed E-state index contributed by atoms with van der Waals surface area (Å²) < 4.78 is 39.6. The lowest BCUT2D eigenvalue weighted by Crippen LogP contribution is -2.14. The molecule has 0 fully saturated rings. The molecule has 5 heteroatoms. The summed E-state index contributed by atoms with van der Waals surface area (Å²) in [6, 6.07) is 1.09. The van der Waals surface area contributed by atoms with E-state index in [1.165, 1.54) is 0 Å². The van der Waals surface area contributed by atoms with E-state index in [0.29, 0.717) is 12.8 Å². The van der Waals surface area contributed by atoms with Crippen LogP contribution in [0, 0.1) is 23.4 Å². The first kappa shape index (κ1) is 14.5. The standard InChI is InChI=1S/C12H14BrF3O/c1-3-6(4-2)12(17)7-5-8(13)10(15)11(16)9(7)14/h5-6,12,17H,3-4H2,1-2H3. The highest BCUT2D eigenvalue weighted by molar-refractivity contribution is 9.10. The van der Waals surface area contributed by atoms with E-state index in [0.717, 1.165) is 6.07 Å². The molecule has 1 aromatic rings. The highest BCUT2D eigenvalue weighted by Crippen LogP contribution is 2.33. The number of aliphatic hydroxyl groups excluding tert-OH is 1. The number of aliphatic hydroxyl groups is 1. The molecule has 1 nitrogen and oxygen atoms in total. The van der Waals surface area contributed by atoms with Gasteiger partial charge in [0.05, 0.1) is 10.6 Å². The SMILES string of the molecule is CCC(CC)C(O)c1cc(Br)c(F)c(F)c1F. The number of hydrogen-bond donors (Lipinski definition) is 1. The Kier molecular flexibility index (Phi) is 5.01. The number of benzene rings is 1. The summed E-state index contributed by atoms with van der Waals surface area (Å²) in [6.07, 6.45) is 0.137. The molecule has 1 rings (SSSR count). The lowest BCUT2D eigenvalue weighted by molar-refractivity contribution is 0.0984. The van der Waals surface area contributed by atoms with Crippen molar-refractivity contribution in [1.82, 2.24) is 0 Å². The maximum atomic E-state index is 13.5. The average molecular weight is 311 g/mol. The van der Waals surface area contributed by atoms with E-state index in [1.807, 2.05) is 13.8 Å². The largest absolute Gasteiger partial charge is 0.388 e. The Labute approximate surface area is 107 Å². The fourth-order valence-electron chi connectivity index (χ4n) is 1.80. The molecule has 0 heterocycles. The predicted octanol–water partition coefficient (Wildman–Crippen LogP) is 4.34. The van der Waals surface area contributed by atoms with Crippen LogP contribution in [0.15, 0.2) is 10.5 Å². The Hall–Kier alpha value is -0.550. The van der Waals surface area contributed by atoms with Crippen molar-refractivity contribution in [3.63, 3.8) is 0 Å². The van der Waals surface area contributed by atoms with Crippen molar-refractivity contribution in [2.45, 2.75) is 32.8 Å². The quantitative estimate of drug-likeness (QED) is 0.648. The van der Waals surface area contributed by atoms with Crippen LogP contribution in [0.1, 0.15) is 38.4 Å². The molecular weight excluding hydrogens is 297 g/mol. The molecule has 0 spiro atoms. The predicted molar refractivity (Wildman–Crippen MR) is 63.0 cm³/mol. The van der Waals surface area contributed by atoms with E-state index >= 15 is 0 Å². The smallest absolute Gasteiger partial charge is 0.195 e. The van der Waals surface area contributed by atoms with Crippen LogP contribution in [0.4, 0.5) is 13.2 Å². The summed E-state index contributed by atoms with van der Waals surface area (Å²) in [6.45, 7) is 3.70. The van der Waals surface area contributed by atoms with Crippen LogP contribution < -0.4 is 0 Å². The summed E-state index contributed by atoms with van der Waals surface area (Å²) in [5.41, 5.74) is -0.204. The summed E-state index contributed by atoms with van der Waals surface area (Å²) >= 11 is 2.80. The zero-order valence-corrected chi connectivity index (χ0v) is 11.2. The topological polar surface area (TPSA) is 20.2 Å². The van der Waals surface area contributed by atoms with Crippen molar-refractivity contribution in [2.75, 3.05) is 0 Å². The molecule has 0 aliphatic heterocycles. The zero-order chi connectivity index (χ0) is 13.2. The van der Waals surface area contributed by atoms with Gasteiger partial charge in [0.1, 0.15) is 0 Å². The van der Waals surface area contributed by atoms with E-state index in [9.17, 15) is 18.3 Å². The van der Waals surface area contributed by atoms with Gasteiger partial charge in [-0.05, 0) is 27.9 Å². The van der Waals surface area contributed by atoms with Gasteiger partial charge < -0.3 is 5.11 Å². The third-order valence-electron chi connectivity index (χ3n) is 2.94. The van der Waals surface area contributed by atoms with Crippen LogP contribution >= 0.6 is 15.9 Å². The molecule has 1 atom stereocenters. The maximum absolute atomic E-state index is 13.5. The Balaban J connectivity index is 3.23. The van der Waals surface area contributed by atoms with Gasteiger partial charge in [-0.15, -0.1) is 0 Å². The second kappa shape index (κ2) is 5.87. The second-order valence-corrected chi connectivity index (χ2v) is 4.77. The fraction of sp³-hybridized carbons (Fsp3) is 0.500. The van der Waals surface area contributed by atoms with Crippen molar-refractivity contribution in [1.29, 1.82) is 0 Å². The molecule has 0 bridgehead atoms. The average Bonchev–Trinajstić information content (AvgIpc) is 2.32. The Bertz CT molecular complexity index is 405. The first-order valence-corrected chi connectivity index (χ1v) is 6.24. The lowest BCUT2D eigenvalue weighted by atomic mass is 9.91. The second-order valence-electron chi connectivity index (χ2n) is 3.91. The molecule has 0 radical (unpaired) electrons. The number of halogens is 4. The van der Waals surface area contributed by atoms with Crippen molar-refractivity contribution >= 4 is 15.9 Å². The summed E-state index contributed by atoms with van der Waals surface area (Å²) in [5, 5.41) is 9.95. The molecule has 0 saturated heterocycles. The van der Waals surface area contributed by atoms with Crippen LogP contribution in [-0.2, 0) is 0 Å². The fourth-order valence-corrected chi connectivity index (χ4v) is 2.22. The number of rotatable bonds is 4. The van der Waals surface area contributed by atoms with Gasteiger partial charge >= 0.3 is 0 Å². The lowest BCUT2D eigenvalue weighted by Gasteiger charge is -2.21. The normalized spacial score (nSPS) is 13.2. The van der Waals surface area contributed by atoms with Gasteiger partial charge in [0.15, 0.2) is 17.5 Å². The maximum Gasteiger partial charge on any atom is 0.195 e. The minimum atomic E-state index is -1.56. The Morgan fingerprint density at radius 1 is 1.12 bits per heavy atom. The van der Waals surface area contributed by atoms with Crippen LogP contribution in [0.25, 0.3) is 0 Å². The summed E-state index contributed by atoms with van der Waals surface area (Å²) in [5.74, 6) is -4.33. The molecule has 1 unspecified atom stereocenters. The molecule has 17 heavy (non-hydrogen) atoms. The van der Waals surface area contributed by atoms with E-state index in [4.69, 9.17) is 0 Å². The molecule has 96 valence electrons. The highest BCUT2D eigenvalue weighted by Gasteiger charge is 2.25. The monoisotopic (exact) mass is 310 g/mol. The van der Waals surface area contributed by atoms with Crippen molar-refractivity contribution < 1.29 is 18.3 Å². The highest BCUT2D eigenvalue weighted by atomic mass is 79.9. The molecule has 0 aliphatic carbocycles. The minimum absolute atomic E-state index is 0.179. The molecule has 0 saturated carbocycles. The zero-order valence-electron chi connectivity index (χ0n) is 9.61. The number of hydrogen-bond acceptors (Lipinski definition) is 1. The van der Waals surface area contributed by atoms with E-state index in [2.05, 4.69) is 15.9 Å². The van der Waals surface area contributed by atoms with Gasteiger partial charge in [-0.1, -0.05) is 26.7 Å². The van der Waals surface area contributed by atoms with E-state index in [-0.39, 0.29) is 16.0 Å². The van der Waals surface area contributed by atoms with Gasteiger partial charge in [0.25, 0.3) is 0 Å². The molecular formula is C12H14BrF3O. The van der Waals surface area contributed by atoms with Crippen LogP contribution in [-0.4, -0.2) is 5.11 Å². The molecule has 0 amide bonds. The van der Waals surface area contributed by atoms with Gasteiger partial charge in [-0.25, -0.2) is 13.2 Å². The van der Waals surface area contributed by atoms with Crippen LogP contribution in [0.5, 0.6) is 0 Å². The first-order valence-electron chi connectivity index (χ1n) is 5.44. The van der Waals surface area contributed by atoms with Crippen molar-refractivity contribution in [2.24, 2.45) is 5.92 Å². The van der Waals surface area contributed by atoms with Gasteiger partial charge in [0, 0.05) is 5.56 Å². The third kappa shape index (κ3) is 2.83. The molecule has 1 aromatic carbocycles. The van der Waals surface area contributed by atoms with Crippen LogP contribution in [0.2, 0.25) is 0 Å². The third-order valence-corrected chi connectivity index (χ3v) is 3.52. The van der Waals surface area contributed by atoms with E-state index in [1.54, 1.807) is 0 Å². The summed E-state index contributed by atoms with van der Waals surface area (Å²) in [4.78, 5) is 0. The minimum Gasteiger partial charge on any atom is -0.388 e. The Morgan fingerprint density at radius 3 is 2.12 bits per heavy atom. The summed E-state index contributed by atoms with van der Waals surface area (Å²) in [7, 11) is 0. The molecule has 0 aliphatic rings. The first-order chi connectivity index (χ1) is 7.93. The van der Waals surface area contributed by atoms with Crippen LogP contribution in [0.3, 0.4) is 0 Å². The van der Waals surface area contributed by atoms with Gasteiger partial charge in [-0.2, -0.15) is 0 Å². The van der Waals surface area contributed by atoms with E-state index < -0.39 is 23.6 Å². The van der Waals surface area contributed by atoms with Crippen molar-refractivity contribution in [3.8, 4) is 0 Å². The van der Waals surface area contributed by atoms with Gasteiger partial charge in [-0.3, -0.25) is 0 Å².